The summed E-state index contributed by atoms with van der Waals surface area (Å²) >= 11 is 0. The molecule has 10 heteroatoms. The molecule has 1 aliphatic rings. The van der Waals surface area contributed by atoms with Crippen molar-refractivity contribution in [1.82, 2.24) is 14.1 Å². The minimum absolute atomic E-state index is 0.0488. The Morgan fingerprint density at radius 1 is 1.18 bits per heavy atom. The van der Waals surface area contributed by atoms with Crippen LogP contribution in [0.2, 0.25) is 0 Å². The number of carboxylic acid groups (broad SMARTS) is 1. The number of aromatic nitrogens is 2. The number of fused-ring (bicyclic) bond motifs is 1. The molecule has 4 rings (SSSR count). The molecule has 1 aromatic heterocycles. The molecule has 1 fully saturated rings. The van der Waals surface area contributed by atoms with E-state index in [1.165, 1.54) is 18.3 Å². The van der Waals surface area contributed by atoms with Crippen LogP contribution in [0.3, 0.4) is 0 Å². The predicted octanol–water partition coefficient (Wildman–Crippen LogP) is 3.26. The highest BCUT2D eigenvalue weighted by Gasteiger charge is 2.43. The van der Waals surface area contributed by atoms with Gasteiger partial charge in [-0.3, -0.25) is 4.68 Å². The van der Waals surface area contributed by atoms with Crippen LogP contribution in [-0.4, -0.2) is 60.4 Å². The van der Waals surface area contributed by atoms with Crippen molar-refractivity contribution in [3.05, 3.63) is 54.2 Å². The van der Waals surface area contributed by atoms with Gasteiger partial charge in [-0.25, -0.2) is 13.2 Å². The van der Waals surface area contributed by atoms with Crippen molar-refractivity contribution in [3.8, 4) is 5.75 Å². The van der Waals surface area contributed by atoms with Crippen LogP contribution in [0.15, 0.2) is 53.4 Å². The average Bonchev–Trinajstić information content (AvgIpc) is 3.40. The van der Waals surface area contributed by atoms with Crippen LogP contribution in [0.1, 0.15) is 32.5 Å². The quantitative estimate of drug-likeness (QED) is 0.519. The molecule has 0 spiro atoms. The number of benzene rings is 2. The van der Waals surface area contributed by atoms with E-state index >= 15 is 0 Å². The third-order valence-corrected chi connectivity index (χ3v) is 8.35. The molecule has 3 aromatic rings. The molecule has 182 valence electrons. The maximum absolute atomic E-state index is 13.3. The molecule has 34 heavy (non-hydrogen) atoms. The SMILES string of the molecule is CCOc1ccc(S(=O)(=O)N2C[C@@H](C)[C@@H](n3nc(C(C)(OC)C(=O)O)c4ccccc43)C2)cc1. The fraction of sp³-hybridized carbons (Fsp3) is 0.417. The zero-order valence-electron chi connectivity index (χ0n) is 19.6. The van der Waals surface area contributed by atoms with E-state index in [4.69, 9.17) is 9.47 Å². The highest BCUT2D eigenvalue weighted by Crippen LogP contribution is 2.37. The maximum atomic E-state index is 13.3. The second-order valence-electron chi connectivity index (χ2n) is 8.62. The molecule has 0 saturated carbocycles. The first-order valence-electron chi connectivity index (χ1n) is 11.1. The summed E-state index contributed by atoms with van der Waals surface area (Å²) in [7, 11) is -2.38. The van der Waals surface area contributed by atoms with Crippen LogP contribution in [-0.2, 0) is 25.2 Å². The van der Waals surface area contributed by atoms with Crippen molar-refractivity contribution >= 4 is 26.9 Å². The van der Waals surface area contributed by atoms with Crippen LogP contribution in [0.25, 0.3) is 10.9 Å². The van der Waals surface area contributed by atoms with Gasteiger partial charge in [-0.1, -0.05) is 25.1 Å². The third-order valence-electron chi connectivity index (χ3n) is 6.51. The molecule has 0 bridgehead atoms. The van der Waals surface area contributed by atoms with Gasteiger partial charge in [0.1, 0.15) is 11.4 Å². The molecule has 0 aliphatic carbocycles. The van der Waals surface area contributed by atoms with E-state index in [1.54, 1.807) is 28.9 Å². The van der Waals surface area contributed by atoms with Crippen molar-refractivity contribution < 1.29 is 27.8 Å². The number of methoxy groups -OCH3 is 1. The Bertz CT molecular complexity index is 1300. The third kappa shape index (κ3) is 3.95. The molecule has 1 saturated heterocycles. The Balaban J connectivity index is 1.70. The second kappa shape index (κ2) is 9.01. The monoisotopic (exact) mass is 487 g/mol. The van der Waals surface area contributed by atoms with Gasteiger partial charge in [0.15, 0.2) is 0 Å². The van der Waals surface area contributed by atoms with E-state index in [-0.39, 0.29) is 29.1 Å². The van der Waals surface area contributed by atoms with E-state index in [0.29, 0.717) is 24.3 Å². The Labute approximate surface area is 198 Å². The smallest absolute Gasteiger partial charge is 0.342 e. The molecule has 1 N–H and O–H groups in total. The van der Waals surface area contributed by atoms with E-state index < -0.39 is 21.6 Å². The van der Waals surface area contributed by atoms with Gasteiger partial charge in [0, 0.05) is 25.6 Å². The van der Waals surface area contributed by atoms with Crippen LogP contribution >= 0.6 is 0 Å². The fourth-order valence-corrected chi connectivity index (χ4v) is 5.98. The van der Waals surface area contributed by atoms with Crippen molar-refractivity contribution in [2.75, 3.05) is 26.8 Å². The van der Waals surface area contributed by atoms with Crippen LogP contribution in [0.4, 0.5) is 0 Å². The molecular formula is C24H29N3O6S. The Morgan fingerprint density at radius 3 is 2.47 bits per heavy atom. The summed E-state index contributed by atoms with van der Waals surface area (Å²) in [6, 6.07) is 13.5. The summed E-state index contributed by atoms with van der Waals surface area (Å²) in [6.07, 6.45) is 0. The number of para-hydroxylation sites is 1. The molecular weight excluding hydrogens is 458 g/mol. The topological polar surface area (TPSA) is 111 Å². The van der Waals surface area contributed by atoms with Gasteiger partial charge in [-0.15, -0.1) is 0 Å². The second-order valence-corrected chi connectivity index (χ2v) is 10.6. The molecule has 9 nitrogen and oxygen atoms in total. The largest absolute Gasteiger partial charge is 0.494 e. The van der Waals surface area contributed by atoms with E-state index in [0.717, 1.165) is 5.52 Å². The number of hydrogen-bond donors (Lipinski definition) is 1. The lowest BCUT2D eigenvalue weighted by Gasteiger charge is -2.21. The first-order valence-corrected chi connectivity index (χ1v) is 12.6. The van der Waals surface area contributed by atoms with E-state index in [9.17, 15) is 18.3 Å². The van der Waals surface area contributed by atoms with E-state index in [1.807, 2.05) is 38.1 Å². The fourth-order valence-electron chi connectivity index (χ4n) is 4.42. The minimum atomic E-state index is -3.72. The zero-order valence-corrected chi connectivity index (χ0v) is 20.4. The van der Waals surface area contributed by atoms with Crippen molar-refractivity contribution in [1.29, 1.82) is 0 Å². The van der Waals surface area contributed by atoms with Crippen LogP contribution in [0, 0.1) is 5.92 Å². The van der Waals surface area contributed by atoms with Gasteiger partial charge in [-0.2, -0.15) is 9.40 Å². The molecule has 2 heterocycles. The highest BCUT2D eigenvalue weighted by molar-refractivity contribution is 7.89. The van der Waals surface area contributed by atoms with Crippen molar-refractivity contribution in [2.24, 2.45) is 5.92 Å². The number of hydrogen-bond acceptors (Lipinski definition) is 6. The average molecular weight is 488 g/mol. The summed E-state index contributed by atoms with van der Waals surface area (Å²) < 4.78 is 40.7. The highest BCUT2D eigenvalue weighted by atomic mass is 32.2. The number of ether oxygens (including phenoxy) is 2. The van der Waals surface area contributed by atoms with Crippen molar-refractivity contribution in [3.63, 3.8) is 0 Å². The zero-order chi connectivity index (χ0) is 24.7. The lowest BCUT2D eigenvalue weighted by molar-refractivity contribution is -0.161. The summed E-state index contributed by atoms with van der Waals surface area (Å²) in [5.74, 6) is -0.582. The van der Waals surface area contributed by atoms with Gasteiger partial charge in [0.2, 0.25) is 15.6 Å². The summed E-state index contributed by atoms with van der Waals surface area (Å²) in [4.78, 5) is 12.2. The van der Waals surface area contributed by atoms with Gasteiger partial charge in [-0.05, 0) is 50.1 Å². The predicted molar refractivity (Wildman–Crippen MR) is 126 cm³/mol. The molecule has 0 radical (unpaired) electrons. The minimum Gasteiger partial charge on any atom is -0.494 e. The number of nitrogens with zero attached hydrogens (tertiary/aromatic N) is 3. The van der Waals surface area contributed by atoms with Crippen LogP contribution in [0.5, 0.6) is 5.75 Å². The standard InChI is InChI=1S/C24H29N3O6S/c1-5-33-17-10-12-18(13-11-17)34(30,31)26-14-16(2)21(15-26)27-20-9-7-6-8-19(20)22(25-27)24(3,32-4)23(28)29/h6-13,16,21H,5,14-15H2,1-4H3,(H,28,29)/t16-,21+,24?/m1/s1. The molecule has 1 unspecified atom stereocenters. The molecule has 0 amide bonds. The van der Waals surface area contributed by atoms with Crippen molar-refractivity contribution in [2.45, 2.75) is 37.3 Å². The number of aliphatic carboxylic acids is 1. The number of carbonyl (C=O) groups is 1. The maximum Gasteiger partial charge on any atom is 0.342 e. The summed E-state index contributed by atoms with van der Waals surface area (Å²) in [6.45, 7) is 6.35. The molecule has 2 aromatic carbocycles. The Morgan fingerprint density at radius 2 is 1.85 bits per heavy atom. The van der Waals surface area contributed by atoms with Gasteiger partial charge in [0.05, 0.1) is 23.1 Å². The first-order chi connectivity index (χ1) is 16.1. The lowest BCUT2D eigenvalue weighted by atomic mass is 9.99. The Hall–Kier alpha value is -2.95. The lowest BCUT2D eigenvalue weighted by Crippen LogP contribution is -2.35. The normalized spacial score (nSPS) is 20.9. The van der Waals surface area contributed by atoms with Gasteiger partial charge in [0.25, 0.3) is 0 Å². The van der Waals surface area contributed by atoms with Crippen LogP contribution < -0.4 is 4.74 Å². The summed E-state index contributed by atoms with van der Waals surface area (Å²) in [5, 5.41) is 15.2. The first kappa shape index (κ1) is 24.2. The number of carboxylic acids is 1. The van der Waals surface area contributed by atoms with Gasteiger partial charge < -0.3 is 14.6 Å². The van der Waals surface area contributed by atoms with Gasteiger partial charge >= 0.3 is 5.97 Å². The molecule has 1 aliphatic heterocycles. The summed E-state index contributed by atoms with van der Waals surface area (Å²) in [5.41, 5.74) is -0.613. The van der Waals surface area contributed by atoms with E-state index in [2.05, 4.69) is 5.10 Å². The Kier molecular flexibility index (Phi) is 6.41. The molecule has 3 atom stereocenters. The number of rotatable bonds is 8. The number of sulfonamides is 1.